The largest absolute Gasteiger partial charge is 0.343 e. The van der Waals surface area contributed by atoms with Crippen LogP contribution in [0.25, 0.3) is 0 Å². The molecule has 0 aliphatic carbocycles. The van der Waals surface area contributed by atoms with Crippen molar-refractivity contribution in [2.45, 2.75) is 39.7 Å². The van der Waals surface area contributed by atoms with Crippen LogP contribution in [0.5, 0.6) is 0 Å². The lowest BCUT2D eigenvalue weighted by molar-refractivity contribution is 0.682. The van der Waals surface area contributed by atoms with E-state index in [1.807, 2.05) is 6.92 Å². The monoisotopic (exact) mass is 224 g/mol. The highest BCUT2D eigenvalue weighted by Crippen LogP contribution is 2.20. The lowest BCUT2D eigenvalue weighted by Crippen LogP contribution is -2.31. The van der Waals surface area contributed by atoms with Crippen LogP contribution in [0.15, 0.2) is 0 Å². The summed E-state index contributed by atoms with van der Waals surface area (Å²) in [7, 11) is 0. The van der Waals surface area contributed by atoms with Crippen LogP contribution in [0, 0.1) is 11.3 Å². The molecule has 0 saturated carbocycles. The molecule has 0 atom stereocenters. The van der Waals surface area contributed by atoms with Crippen LogP contribution in [0.1, 0.15) is 33.0 Å². The molecular weight excluding hydrogens is 208 g/mol. The van der Waals surface area contributed by atoms with Gasteiger partial charge in [-0.3, -0.25) is 0 Å². The summed E-state index contributed by atoms with van der Waals surface area (Å²) in [5, 5.41) is 9.51. The number of hydrogen-bond acceptors (Lipinski definition) is 5. The normalized spacial score (nSPS) is 10.3. The van der Waals surface area contributed by atoms with Crippen molar-refractivity contribution in [3.8, 4) is 6.07 Å². The number of aromatic nitrogens is 2. The first-order valence-electron chi connectivity index (χ1n) is 5.15. The molecule has 0 saturated heterocycles. The van der Waals surface area contributed by atoms with E-state index in [9.17, 15) is 0 Å². The molecule has 0 unspecified atom stereocenters. The zero-order valence-electron chi connectivity index (χ0n) is 9.40. The fraction of sp³-hybridized carbons (Fsp3) is 0.700. The fourth-order valence-electron chi connectivity index (χ4n) is 1.25. The summed E-state index contributed by atoms with van der Waals surface area (Å²) >= 11 is 1.42. The Morgan fingerprint density at radius 3 is 2.73 bits per heavy atom. The van der Waals surface area contributed by atoms with Gasteiger partial charge >= 0.3 is 0 Å². The van der Waals surface area contributed by atoms with Gasteiger partial charge in [-0.25, -0.2) is 4.98 Å². The minimum absolute atomic E-state index is 0.357. The van der Waals surface area contributed by atoms with E-state index >= 15 is 0 Å². The van der Waals surface area contributed by atoms with Gasteiger partial charge in [0.2, 0.25) is 5.13 Å². The van der Waals surface area contributed by atoms with E-state index in [-0.39, 0.29) is 0 Å². The Bertz CT molecular complexity index is 339. The van der Waals surface area contributed by atoms with E-state index in [4.69, 9.17) is 5.26 Å². The van der Waals surface area contributed by atoms with Gasteiger partial charge < -0.3 is 4.90 Å². The van der Waals surface area contributed by atoms with E-state index in [1.54, 1.807) is 0 Å². The molecule has 1 heterocycles. The third kappa shape index (κ3) is 3.17. The molecular formula is C10H16N4S. The quantitative estimate of drug-likeness (QED) is 0.769. The van der Waals surface area contributed by atoms with E-state index in [2.05, 4.69) is 34.2 Å². The van der Waals surface area contributed by atoms with E-state index in [0.29, 0.717) is 12.5 Å². The average molecular weight is 224 g/mol. The summed E-state index contributed by atoms with van der Waals surface area (Å²) in [6, 6.07) is 2.52. The molecule has 0 aromatic carbocycles. The van der Waals surface area contributed by atoms with Crippen molar-refractivity contribution >= 4 is 16.7 Å². The lowest BCUT2D eigenvalue weighted by atomic mass is 10.3. The molecule has 0 radical (unpaired) electrons. The first-order valence-corrected chi connectivity index (χ1v) is 5.92. The van der Waals surface area contributed by atoms with Crippen LogP contribution < -0.4 is 4.90 Å². The highest BCUT2D eigenvalue weighted by Gasteiger charge is 2.14. The minimum atomic E-state index is 0.357. The van der Waals surface area contributed by atoms with Crippen molar-refractivity contribution in [2.24, 2.45) is 0 Å². The first-order chi connectivity index (χ1) is 7.19. The van der Waals surface area contributed by atoms with Crippen LogP contribution in [0.3, 0.4) is 0 Å². The molecule has 82 valence electrons. The van der Waals surface area contributed by atoms with Crippen LogP contribution in [0.2, 0.25) is 0 Å². The predicted molar refractivity (Wildman–Crippen MR) is 62.0 cm³/mol. The zero-order valence-corrected chi connectivity index (χ0v) is 10.2. The van der Waals surface area contributed by atoms with Gasteiger partial charge in [-0.05, 0) is 13.8 Å². The number of aryl methyl sites for hydroxylation is 1. The molecule has 4 nitrogen and oxygen atoms in total. The first kappa shape index (κ1) is 11.9. The summed E-state index contributed by atoms with van der Waals surface area (Å²) in [5.74, 6) is 0.887. The molecule has 0 spiro atoms. The van der Waals surface area contributed by atoms with Crippen molar-refractivity contribution in [3.05, 3.63) is 5.82 Å². The standard InChI is InChI=1S/C10H16N4S/c1-4-9-12-10(15-13-9)14(8(2)3)7-5-6-11/h8H,4-5,7H2,1-3H3. The third-order valence-electron chi connectivity index (χ3n) is 2.11. The fourth-order valence-corrected chi connectivity index (χ4v) is 2.16. The van der Waals surface area contributed by atoms with Crippen LogP contribution >= 0.6 is 11.5 Å². The second kappa shape index (κ2) is 5.66. The number of rotatable bonds is 5. The van der Waals surface area contributed by atoms with E-state index < -0.39 is 0 Å². The molecule has 0 aliphatic heterocycles. The summed E-state index contributed by atoms with van der Waals surface area (Å²) < 4.78 is 4.25. The number of anilines is 1. The molecule has 15 heavy (non-hydrogen) atoms. The minimum Gasteiger partial charge on any atom is -0.343 e. The second-order valence-corrected chi connectivity index (χ2v) is 4.27. The summed E-state index contributed by atoms with van der Waals surface area (Å²) in [4.78, 5) is 6.55. The molecule has 0 aliphatic rings. The molecule has 0 amide bonds. The summed E-state index contributed by atoms with van der Waals surface area (Å²) in [5.41, 5.74) is 0. The maximum Gasteiger partial charge on any atom is 0.205 e. The van der Waals surface area contributed by atoms with Crippen LogP contribution in [-0.4, -0.2) is 21.9 Å². The Kier molecular flexibility index (Phi) is 4.50. The Labute approximate surface area is 94.7 Å². The van der Waals surface area contributed by atoms with Crippen LogP contribution in [0.4, 0.5) is 5.13 Å². The highest BCUT2D eigenvalue weighted by molar-refractivity contribution is 7.09. The van der Waals surface area contributed by atoms with Gasteiger partial charge in [0.1, 0.15) is 5.82 Å². The molecule has 0 fully saturated rings. The Morgan fingerprint density at radius 2 is 2.27 bits per heavy atom. The van der Waals surface area contributed by atoms with Crippen molar-refractivity contribution in [2.75, 3.05) is 11.4 Å². The Morgan fingerprint density at radius 1 is 1.53 bits per heavy atom. The second-order valence-electron chi connectivity index (χ2n) is 3.54. The van der Waals surface area contributed by atoms with Gasteiger partial charge in [-0.15, -0.1) is 0 Å². The third-order valence-corrected chi connectivity index (χ3v) is 2.90. The summed E-state index contributed by atoms with van der Waals surface area (Å²) in [6.45, 7) is 6.97. The van der Waals surface area contributed by atoms with Gasteiger partial charge in [0.15, 0.2) is 0 Å². The number of nitriles is 1. The molecule has 1 rings (SSSR count). The number of nitrogens with zero attached hydrogens (tertiary/aromatic N) is 4. The Balaban J connectivity index is 2.75. The highest BCUT2D eigenvalue weighted by atomic mass is 32.1. The lowest BCUT2D eigenvalue weighted by Gasteiger charge is -2.24. The number of hydrogen-bond donors (Lipinski definition) is 0. The van der Waals surface area contributed by atoms with Gasteiger partial charge in [0.05, 0.1) is 12.5 Å². The SMILES string of the molecule is CCc1nsc(N(CCC#N)C(C)C)n1. The Hall–Kier alpha value is -1.15. The molecule has 1 aromatic heterocycles. The molecule has 1 aromatic rings. The van der Waals surface area contributed by atoms with Crippen molar-refractivity contribution in [1.29, 1.82) is 5.26 Å². The van der Waals surface area contributed by atoms with Gasteiger partial charge in [-0.1, -0.05) is 6.92 Å². The maximum atomic E-state index is 8.59. The van der Waals surface area contributed by atoms with Gasteiger partial charge in [0.25, 0.3) is 0 Å². The van der Waals surface area contributed by atoms with Gasteiger partial charge in [-0.2, -0.15) is 9.64 Å². The van der Waals surface area contributed by atoms with Crippen LogP contribution in [-0.2, 0) is 6.42 Å². The molecule has 5 heteroatoms. The van der Waals surface area contributed by atoms with Crippen molar-refractivity contribution in [3.63, 3.8) is 0 Å². The zero-order chi connectivity index (χ0) is 11.3. The predicted octanol–water partition coefficient (Wildman–Crippen LogP) is 2.23. The molecule has 0 N–H and O–H groups in total. The van der Waals surface area contributed by atoms with E-state index in [1.165, 1.54) is 11.5 Å². The summed E-state index contributed by atoms with van der Waals surface area (Å²) in [6.07, 6.45) is 1.39. The van der Waals surface area contributed by atoms with Crippen molar-refractivity contribution < 1.29 is 0 Å². The molecule has 0 bridgehead atoms. The maximum absolute atomic E-state index is 8.59. The topological polar surface area (TPSA) is 52.8 Å². The van der Waals surface area contributed by atoms with Gasteiger partial charge in [0, 0.05) is 30.5 Å². The van der Waals surface area contributed by atoms with E-state index in [0.717, 1.165) is 23.9 Å². The smallest absolute Gasteiger partial charge is 0.205 e. The average Bonchev–Trinajstić information content (AvgIpc) is 2.66. The van der Waals surface area contributed by atoms with Crippen molar-refractivity contribution in [1.82, 2.24) is 9.36 Å².